The second-order valence-electron chi connectivity index (χ2n) is 9.50. The van der Waals surface area contributed by atoms with E-state index in [-0.39, 0.29) is 22.9 Å². The molecule has 2 bridgehead atoms. The van der Waals surface area contributed by atoms with Crippen molar-refractivity contribution in [3.63, 3.8) is 0 Å². The summed E-state index contributed by atoms with van der Waals surface area (Å²) in [5, 5.41) is 0. The van der Waals surface area contributed by atoms with Gasteiger partial charge in [-0.1, -0.05) is 44.5 Å². The Morgan fingerprint density at radius 2 is 1.79 bits per heavy atom. The van der Waals surface area contributed by atoms with Crippen LogP contribution < -0.4 is 0 Å². The zero-order chi connectivity index (χ0) is 20.6. The number of hydrogen-bond acceptors (Lipinski definition) is 4. The van der Waals surface area contributed by atoms with E-state index in [0.29, 0.717) is 22.3 Å². The normalized spacial score (nSPS) is 32.3. The first-order chi connectivity index (χ1) is 13.7. The van der Waals surface area contributed by atoms with Gasteiger partial charge in [-0.2, -0.15) is 0 Å². The lowest BCUT2D eigenvalue weighted by molar-refractivity contribution is 0.108. The number of nitrogens with zero attached hydrogens (tertiary/aromatic N) is 3. The molecule has 0 radical (unpaired) electrons. The van der Waals surface area contributed by atoms with Crippen molar-refractivity contribution in [2.45, 2.75) is 57.5 Å². The largest absolute Gasteiger partial charge is 0.265 e. The lowest BCUT2D eigenvalue weighted by Gasteiger charge is -2.42. The molecule has 0 unspecified atom stereocenters. The van der Waals surface area contributed by atoms with E-state index in [4.69, 9.17) is 4.99 Å². The van der Waals surface area contributed by atoms with Crippen LogP contribution in [0.25, 0.3) is 0 Å². The highest BCUT2D eigenvalue weighted by Gasteiger charge is 2.71. The molecule has 2 fully saturated rings. The van der Waals surface area contributed by atoms with Gasteiger partial charge < -0.3 is 0 Å². The fourth-order valence-corrected chi connectivity index (χ4v) is 7.67. The Kier molecular flexibility index (Phi) is 3.83. The molecule has 0 amide bonds. The van der Waals surface area contributed by atoms with Gasteiger partial charge in [-0.25, -0.2) is 12.7 Å². The molecular weight excluding hydrogens is 382 g/mol. The maximum atomic E-state index is 13.9. The zero-order valence-corrected chi connectivity index (χ0v) is 18.1. The third-order valence-corrected chi connectivity index (χ3v) is 9.75. The van der Waals surface area contributed by atoms with Crippen molar-refractivity contribution in [3.05, 3.63) is 59.9 Å². The van der Waals surface area contributed by atoms with E-state index >= 15 is 0 Å². The fourth-order valence-electron chi connectivity index (χ4n) is 5.93. The van der Waals surface area contributed by atoms with Crippen molar-refractivity contribution in [1.82, 2.24) is 9.29 Å². The Morgan fingerprint density at radius 1 is 1.07 bits per heavy atom. The minimum absolute atomic E-state index is 0.0130. The lowest BCUT2D eigenvalue weighted by Crippen LogP contribution is -2.52. The van der Waals surface area contributed by atoms with E-state index in [1.807, 2.05) is 37.3 Å². The van der Waals surface area contributed by atoms with Gasteiger partial charge in [0.05, 0.1) is 17.0 Å². The number of amidine groups is 1. The molecule has 1 aliphatic heterocycles. The average molecular weight is 410 g/mol. The first kappa shape index (κ1) is 18.8. The van der Waals surface area contributed by atoms with Crippen LogP contribution in [0.15, 0.2) is 58.5 Å². The Morgan fingerprint density at radius 3 is 2.45 bits per heavy atom. The number of pyridine rings is 1. The van der Waals surface area contributed by atoms with Crippen molar-refractivity contribution < 1.29 is 8.42 Å². The SMILES string of the molecule is Cc1ccc(S(=O)(=O)N2C(c3ccccn3)=N[C@@H]3[C@H]4CC[C@@](C)([C@@H]32)C4(C)C)cc1. The number of aryl methyl sites for hydroxylation is 1. The predicted octanol–water partition coefficient (Wildman–Crippen LogP) is 4.03. The van der Waals surface area contributed by atoms with E-state index < -0.39 is 10.0 Å². The van der Waals surface area contributed by atoms with Crippen LogP contribution in [0, 0.1) is 23.7 Å². The number of aliphatic imine (C=N–C) groups is 1. The van der Waals surface area contributed by atoms with E-state index in [2.05, 4.69) is 25.8 Å². The Labute approximate surface area is 172 Å². The molecule has 29 heavy (non-hydrogen) atoms. The van der Waals surface area contributed by atoms with Gasteiger partial charge in [-0.05, 0) is 60.8 Å². The van der Waals surface area contributed by atoms with Crippen LogP contribution in [-0.2, 0) is 10.0 Å². The predicted molar refractivity (Wildman–Crippen MR) is 113 cm³/mol. The Bertz CT molecular complexity index is 1090. The molecule has 2 aliphatic carbocycles. The molecule has 0 N–H and O–H groups in total. The molecule has 5 nitrogen and oxygen atoms in total. The van der Waals surface area contributed by atoms with Gasteiger partial charge in [-0.3, -0.25) is 9.98 Å². The maximum absolute atomic E-state index is 13.9. The molecule has 6 heteroatoms. The van der Waals surface area contributed by atoms with Crippen molar-refractivity contribution in [1.29, 1.82) is 0 Å². The van der Waals surface area contributed by atoms with Gasteiger partial charge in [0, 0.05) is 6.20 Å². The summed E-state index contributed by atoms with van der Waals surface area (Å²) in [5.74, 6) is 0.879. The standard InChI is InChI=1S/C23H27N3O2S/c1-15-8-10-16(11-9-15)29(27,28)26-20-19(17-12-13-23(20,4)22(17,2)3)25-21(26)18-7-5-6-14-24-18/h5-11,14,17,19-20H,12-13H2,1-4H3/t17-,19-,20-,23+/m1/s1. The topological polar surface area (TPSA) is 62.6 Å². The van der Waals surface area contributed by atoms with Gasteiger partial charge in [0.15, 0.2) is 5.84 Å². The summed E-state index contributed by atoms with van der Waals surface area (Å²) in [6.45, 7) is 8.79. The molecule has 152 valence electrons. The van der Waals surface area contributed by atoms with Crippen molar-refractivity contribution in [2.24, 2.45) is 21.7 Å². The Hall–Kier alpha value is -2.21. The first-order valence-electron chi connectivity index (χ1n) is 10.3. The van der Waals surface area contributed by atoms with Crippen LogP contribution in [-0.4, -0.2) is 35.6 Å². The second kappa shape index (κ2) is 5.91. The van der Waals surface area contributed by atoms with Gasteiger partial charge in [0.1, 0.15) is 5.69 Å². The molecule has 1 aromatic carbocycles. The number of aromatic nitrogens is 1. The minimum atomic E-state index is -3.76. The lowest BCUT2D eigenvalue weighted by atomic mass is 9.69. The quantitative estimate of drug-likeness (QED) is 0.769. The summed E-state index contributed by atoms with van der Waals surface area (Å²) in [6, 6.07) is 12.5. The Balaban J connectivity index is 1.70. The minimum Gasteiger partial charge on any atom is -0.260 e. The van der Waals surface area contributed by atoms with Crippen LogP contribution in [0.3, 0.4) is 0 Å². The van der Waals surface area contributed by atoms with Crippen LogP contribution >= 0.6 is 0 Å². The molecular formula is C23H27N3O2S. The number of rotatable bonds is 3. The molecule has 5 rings (SSSR count). The van der Waals surface area contributed by atoms with Gasteiger partial charge >= 0.3 is 0 Å². The highest BCUT2D eigenvalue weighted by Crippen LogP contribution is 2.69. The molecule has 0 spiro atoms. The number of hydrogen-bond donors (Lipinski definition) is 0. The van der Waals surface area contributed by atoms with E-state index in [1.165, 1.54) is 0 Å². The monoisotopic (exact) mass is 409 g/mol. The van der Waals surface area contributed by atoms with E-state index in [1.54, 1.807) is 22.6 Å². The molecule has 3 aliphatic rings. The molecule has 4 atom stereocenters. The molecule has 2 aromatic rings. The highest BCUT2D eigenvalue weighted by atomic mass is 32.2. The summed E-state index contributed by atoms with van der Waals surface area (Å²) in [7, 11) is -3.76. The molecule has 2 saturated carbocycles. The summed E-state index contributed by atoms with van der Waals surface area (Å²) in [5.41, 5.74) is 1.58. The third kappa shape index (κ3) is 2.35. The van der Waals surface area contributed by atoms with Gasteiger partial charge in [-0.15, -0.1) is 0 Å². The zero-order valence-electron chi connectivity index (χ0n) is 17.3. The van der Waals surface area contributed by atoms with Crippen LogP contribution in [0.4, 0.5) is 0 Å². The molecule has 2 heterocycles. The van der Waals surface area contributed by atoms with Crippen LogP contribution in [0.5, 0.6) is 0 Å². The maximum Gasteiger partial charge on any atom is 0.265 e. The number of sulfonamides is 1. The highest BCUT2D eigenvalue weighted by molar-refractivity contribution is 7.89. The van der Waals surface area contributed by atoms with Gasteiger partial charge in [0.2, 0.25) is 0 Å². The average Bonchev–Trinajstić information content (AvgIpc) is 3.25. The van der Waals surface area contributed by atoms with E-state index in [0.717, 1.165) is 18.4 Å². The first-order valence-corrected chi connectivity index (χ1v) is 11.7. The van der Waals surface area contributed by atoms with E-state index in [9.17, 15) is 8.42 Å². The number of benzene rings is 1. The third-order valence-electron chi connectivity index (χ3n) is 7.97. The van der Waals surface area contributed by atoms with Crippen molar-refractivity contribution >= 4 is 15.9 Å². The number of fused-ring (bicyclic) bond motifs is 5. The second-order valence-corrected chi connectivity index (χ2v) is 11.3. The summed E-state index contributed by atoms with van der Waals surface area (Å²) < 4.78 is 29.5. The van der Waals surface area contributed by atoms with Crippen LogP contribution in [0.2, 0.25) is 0 Å². The van der Waals surface area contributed by atoms with Gasteiger partial charge in [0.25, 0.3) is 10.0 Å². The van der Waals surface area contributed by atoms with Crippen LogP contribution in [0.1, 0.15) is 44.9 Å². The summed E-state index contributed by atoms with van der Waals surface area (Å²) >= 11 is 0. The smallest absolute Gasteiger partial charge is 0.260 e. The summed E-state index contributed by atoms with van der Waals surface area (Å²) in [6.07, 6.45) is 3.82. The fraction of sp³-hybridized carbons (Fsp3) is 0.478. The molecule has 0 saturated heterocycles. The van der Waals surface area contributed by atoms with Crippen molar-refractivity contribution in [2.75, 3.05) is 0 Å². The molecule has 1 aromatic heterocycles. The summed E-state index contributed by atoms with van der Waals surface area (Å²) in [4.78, 5) is 9.80. The van der Waals surface area contributed by atoms with Crippen molar-refractivity contribution in [3.8, 4) is 0 Å².